The maximum absolute atomic E-state index is 12.3. The molecule has 0 fully saturated rings. The lowest BCUT2D eigenvalue weighted by Gasteiger charge is -2.13. The van der Waals surface area contributed by atoms with E-state index in [0.717, 1.165) is 0 Å². The van der Waals surface area contributed by atoms with Gasteiger partial charge < -0.3 is 11.1 Å². The highest BCUT2D eigenvalue weighted by Crippen LogP contribution is 2.35. The second-order valence-corrected chi connectivity index (χ2v) is 9.38. The van der Waals surface area contributed by atoms with Crippen molar-refractivity contribution in [2.75, 3.05) is 16.8 Å². The van der Waals surface area contributed by atoms with Gasteiger partial charge in [0, 0.05) is 23.4 Å². The third-order valence-corrected chi connectivity index (χ3v) is 6.42. The van der Waals surface area contributed by atoms with Crippen LogP contribution in [0.1, 0.15) is 17.5 Å². The third-order valence-electron chi connectivity index (χ3n) is 4.51. The lowest BCUT2D eigenvalue weighted by Crippen LogP contribution is -2.14. The number of primary sulfonamides is 1. The van der Waals surface area contributed by atoms with Crippen LogP contribution in [0.5, 0.6) is 0 Å². The highest BCUT2D eigenvalue weighted by Gasteiger charge is 2.20. The van der Waals surface area contributed by atoms with Crippen molar-refractivity contribution in [3.63, 3.8) is 0 Å². The highest BCUT2D eigenvalue weighted by molar-refractivity contribution is 7.99. The number of rotatable bonds is 7. The standard InChI is InChI=1S/C22H18N6O3S2/c23-12-17-20(14-4-2-1-3-5-14)18(13-24)22(28-21(17)25)32-11-10-19(29)27-15-6-8-16(9-7-15)33(26,30)31/h1-9H,10-11H2,(H2,25,28)(H,27,29)(H2,26,30,31). The van der Waals surface area contributed by atoms with Crippen molar-refractivity contribution in [2.24, 2.45) is 5.14 Å². The molecule has 1 amide bonds. The minimum absolute atomic E-state index is 0.0113. The number of hydrogen-bond acceptors (Lipinski definition) is 8. The summed E-state index contributed by atoms with van der Waals surface area (Å²) >= 11 is 1.18. The van der Waals surface area contributed by atoms with Gasteiger partial charge >= 0.3 is 0 Å². The normalized spacial score (nSPS) is 10.8. The average molecular weight is 479 g/mol. The molecule has 9 nitrogen and oxygen atoms in total. The van der Waals surface area contributed by atoms with Gasteiger partial charge in [-0.2, -0.15) is 10.5 Å². The highest BCUT2D eigenvalue weighted by atomic mass is 32.2. The van der Waals surface area contributed by atoms with Gasteiger partial charge in [0.1, 0.15) is 28.5 Å². The number of anilines is 2. The fraction of sp³-hybridized carbons (Fsp3) is 0.0909. The quantitative estimate of drug-likeness (QED) is 0.434. The molecule has 0 spiro atoms. The van der Waals surface area contributed by atoms with Gasteiger partial charge in [0.25, 0.3) is 0 Å². The van der Waals surface area contributed by atoms with Gasteiger partial charge in [0.15, 0.2) is 0 Å². The third kappa shape index (κ3) is 5.67. The van der Waals surface area contributed by atoms with Gasteiger partial charge in [-0.3, -0.25) is 4.79 Å². The lowest BCUT2D eigenvalue weighted by molar-refractivity contribution is -0.115. The maximum Gasteiger partial charge on any atom is 0.238 e. The van der Waals surface area contributed by atoms with Crippen molar-refractivity contribution in [1.29, 1.82) is 10.5 Å². The van der Waals surface area contributed by atoms with E-state index in [1.54, 1.807) is 24.3 Å². The molecule has 0 bridgehead atoms. The van der Waals surface area contributed by atoms with Gasteiger partial charge in [-0.15, -0.1) is 11.8 Å². The number of hydrogen-bond donors (Lipinski definition) is 3. The summed E-state index contributed by atoms with van der Waals surface area (Å²) in [5.74, 6) is -0.00553. The first kappa shape index (κ1) is 23.8. The molecule has 33 heavy (non-hydrogen) atoms. The first-order valence-corrected chi connectivity index (χ1v) is 12.0. The summed E-state index contributed by atoms with van der Waals surface area (Å²) in [7, 11) is -3.81. The molecular weight excluding hydrogens is 460 g/mol. The first-order chi connectivity index (χ1) is 15.7. The number of nitrogens with zero attached hydrogens (tertiary/aromatic N) is 3. The van der Waals surface area contributed by atoms with Crippen LogP contribution in [0.25, 0.3) is 11.1 Å². The summed E-state index contributed by atoms with van der Waals surface area (Å²) in [4.78, 5) is 16.4. The number of nitrogen functional groups attached to an aromatic ring is 1. The van der Waals surface area contributed by atoms with Gasteiger partial charge in [-0.25, -0.2) is 18.5 Å². The summed E-state index contributed by atoms with van der Waals surface area (Å²) < 4.78 is 22.6. The van der Waals surface area contributed by atoms with Crippen LogP contribution in [0.15, 0.2) is 64.5 Å². The lowest BCUT2D eigenvalue weighted by atomic mass is 9.97. The maximum atomic E-state index is 12.3. The van der Waals surface area contributed by atoms with Crippen molar-refractivity contribution in [1.82, 2.24) is 4.98 Å². The van der Waals surface area contributed by atoms with E-state index >= 15 is 0 Å². The largest absolute Gasteiger partial charge is 0.383 e. The summed E-state index contributed by atoms with van der Waals surface area (Å²) in [6, 6.07) is 18.6. The fourth-order valence-electron chi connectivity index (χ4n) is 2.99. The van der Waals surface area contributed by atoms with Crippen LogP contribution in [0.3, 0.4) is 0 Å². The topological polar surface area (TPSA) is 176 Å². The number of pyridine rings is 1. The van der Waals surface area contributed by atoms with Crippen LogP contribution in [0.2, 0.25) is 0 Å². The Kier molecular flexibility index (Phi) is 7.30. The summed E-state index contributed by atoms with van der Waals surface area (Å²) in [5.41, 5.74) is 7.83. The zero-order valence-electron chi connectivity index (χ0n) is 17.1. The Morgan fingerprint density at radius 3 is 2.24 bits per heavy atom. The first-order valence-electron chi connectivity index (χ1n) is 9.49. The van der Waals surface area contributed by atoms with Crippen molar-refractivity contribution in [2.45, 2.75) is 16.3 Å². The number of amides is 1. The summed E-state index contributed by atoms with van der Waals surface area (Å²) in [6.07, 6.45) is 0.0920. The number of aromatic nitrogens is 1. The van der Waals surface area contributed by atoms with Gasteiger partial charge in [-0.05, 0) is 29.8 Å². The predicted molar refractivity (Wildman–Crippen MR) is 125 cm³/mol. The molecule has 0 aliphatic rings. The van der Waals surface area contributed by atoms with Crippen molar-refractivity contribution < 1.29 is 13.2 Å². The van der Waals surface area contributed by atoms with E-state index in [2.05, 4.69) is 16.4 Å². The molecule has 5 N–H and O–H groups in total. The fourth-order valence-corrected chi connectivity index (χ4v) is 4.44. The van der Waals surface area contributed by atoms with Crippen molar-refractivity contribution >= 4 is 39.2 Å². The van der Waals surface area contributed by atoms with E-state index in [1.807, 2.05) is 12.1 Å². The van der Waals surface area contributed by atoms with Gasteiger partial charge in [-0.1, -0.05) is 30.3 Å². The van der Waals surface area contributed by atoms with Gasteiger partial charge in [0.05, 0.1) is 10.5 Å². The number of sulfonamides is 1. The van der Waals surface area contributed by atoms with Crippen LogP contribution in [0.4, 0.5) is 11.5 Å². The Labute approximate surface area is 195 Å². The molecule has 0 radical (unpaired) electrons. The van der Waals surface area contributed by atoms with Crippen LogP contribution in [0, 0.1) is 22.7 Å². The Balaban J connectivity index is 1.74. The zero-order valence-corrected chi connectivity index (χ0v) is 18.8. The minimum Gasteiger partial charge on any atom is -0.383 e. The molecule has 2 aromatic carbocycles. The van der Waals surface area contributed by atoms with E-state index in [9.17, 15) is 23.7 Å². The second kappa shape index (κ2) is 10.1. The molecule has 0 saturated heterocycles. The molecule has 0 saturated carbocycles. The van der Waals surface area contributed by atoms with E-state index < -0.39 is 10.0 Å². The predicted octanol–water partition coefficient (Wildman–Crippen LogP) is 2.84. The number of carbonyl (C=O) groups is 1. The molecular formula is C22H18N6O3S2. The second-order valence-electron chi connectivity index (χ2n) is 6.73. The monoisotopic (exact) mass is 478 g/mol. The number of nitrogens with two attached hydrogens (primary N) is 2. The molecule has 0 aliphatic heterocycles. The summed E-state index contributed by atoms with van der Waals surface area (Å²) in [6.45, 7) is 0. The number of thioether (sulfide) groups is 1. The van der Waals surface area contributed by atoms with Crippen LogP contribution in [-0.2, 0) is 14.8 Å². The number of carbonyl (C=O) groups excluding carboxylic acids is 1. The van der Waals surface area contributed by atoms with Crippen LogP contribution in [-0.4, -0.2) is 25.1 Å². The minimum atomic E-state index is -3.81. The van der Waals surface area contributed by atoms with E-state index in [-0.39, 0.29) is 34.2 Å². The van der Waals surface area contributed by atoms with Crippen molar-refractivity contribution in [3.8, 4) is 23.3 Å². The molecule has 1 heterocycles. The van der Waals surface area contributed by atoms with Gasteiger partial charge in [0.2, 0.25) is 15.9 Å². The Hall–Kier alpha value is -3.90. The van der Waals surface area contributed by atoms with Crippen molar-refractivity contribution in [3.05, 3.63) is 65.7 Å². The van der Waals surface area contributed by atoms with E-state index in [0.29, 0.717) is 27.6 Å². The number of nitrogens with one attached hydrogen (secondary N) is 1. The molecule has 3 aromatic rings. The van der Waals surface area contributed by atoms with Crippen LogP contribution < -0.4 is 16.2 Å². The molecule has 166 valence electrons. The molecule has 11 heteroatoms. The zero-order chi connectivity index (χ0) is 24.0. The van der Waals surface area contributed by atoms with E-state index in [1.165, 1.54) is 36.0 Å². The molecule has 0 unspecified atom stereocenters. The van der Waals surface area contributed by atoms with Crippen LogP contribution >= 0.6 is 11.8 Å². The Morgan fingerprint density at radius 1 is 1.03 bits per heavy atom. The SMILES string of the molecule is N#Cc1c(N)nc(SCCC(=O)Nc2ccc(S(N)(=O)=O)cc2)c(C#N)c1-c1ccccc1. The average Bonchev–Trinajstić information content (AvgIpc) is 2.79. The van der Waals surface area contributed by atoms with E-state index in [4.69, 9.17) is 10.9 Å². The number of benzene rings is 2. The molecule has 3 rings (SSSR count). The smallest absolute Gasteiger partial charge is 0.238 e. The Bertz CT molecular complexity index is 1380. The molecule has 0 aliphatic carbocycles. The molecule has 1 aromatic heterocycles. The summed E-state index contributed by atoms with van der Waals surface area (Å²) in [5, 5.41) is 27.4. The number of nitriles is 2. The Morgan fingerprint density at radius 2 is 1.67 bits per heavy atom. The molecule has 0 atom stereocenters.